The molecule has 0 saturated carbocycles. The minimum atomic E-state index is -0.284. The number of hydrogen-bond donors (Lipinski definition) is 1. The Balaban J connectivity index is 1.86. The Kier molecular flexibility index (Phi) is 5.44. The average Bonchev–Trinajstić information content (AvgIpc) is 3.01. The number of ether oxygens (including phenoxy) is 2. The normalized spacial score (nSPS) is 10.5. The smallest absolute Gasteiger partial charge is 0.257 e. The van der Waals surface area contributed by atoms with Crippen molar-refractivity contribution in [3.63, 3.8) is 0 Å². The molecule has 3 rings (SSSR count). The first-order chi connectivity index (χ1) is 12.5. The van der Waals surface area contributed by atoms with Crippen LogP contribution in [0, 0.1) is 6.92 Å². The molecule has 0 aliphatic carbocycles. The van der Waals surface area contributed by atoms with E-state index in [0.717, 1.165) is 16.1 Å². The van der Waals surface area contributed by atoms with Gasteiger partial charge in [-0.15, -0.1) is 11.3 Å². The molecule has 0 radical (unpaired) electrons. The fourth-order valence-corrected chi connectivity index (χ4v) is 3.48. The molecule has 134 valence electrons. The van der Waals surface area contributed by atoms with Crippen LogP contribution in [0.4, 0.5) is 5.13 Å². The zero-order valence-corrected chi connectivity index (χ0v) is 16.1. The van der Waals surface area contributed by atoms with E-state index >= 15 is 0 Å². The average molecular weight is 389 g/mol. The Bertz CT molecular complexity index is 933. The minimum Gasteiger partial charge on any atom is -0.497 e. The van der Waals surface area contributed by atoms with Gasteiger partial charge in [0.25, 0.3) is 5.91 Å². The number of benzene rings is 2. The molecule has 26 heavy (non-hydrogen) atoms. The molecule has 0 saturated heterocycles. The first kappa shape index (κ1) is 18.2. The van der Waals surface area contributed by atoms with Crippen LogP contribution in [0.2, 0.25) is 5.02 Å². The summed E-state index contributed by atoms with van der Waals surface area (Å²) < 4.78 is 10.4. The maximum atomic E-state index is 12.6. The summed E-state index contributed by atoms with van der Waals surface area (Å²) in [5, 5.41) is 3.99. The number of halogens is 1. The van der Waals surface area contributed by atoms with Gasteiger partial charge in [0, 0.05) is 27.1 Å². The number of carbonyl (C=O) groups excluding carboxylic acids is 1. The van der Waals surface area contributed by atoms with E-state index in [1.165, 1.54) is 25.6 Å². The SMILES string of the molecule is COc1cc(OC)cc(C(=O)Nc2nc(-c3cccc(Cl)c3)c(C)s2)c1. The Morgan fingerprint density at radius 1 is 1.12 bits per heavy atom. The Hall–Kier alpha value is -2.57. The molecule has 5 nitrogen and oxygen atoms in total. The summed E-state index contributed by atoms with van der Waals surface area (Å²) in [4.78, 5) is 18.1. The van der Waals surface area contributed by atoms with Gasteiger partial charge in [0.1, 0.15) is 11.5 Å². The van der Waals surface area contributed by atoms with Gasteiger partial charge in [-0.05, 0) is 31.2 Å². The van der Waals surface area contributed by atoms with Gasteiger partial charge in [0.2, 0.25) is 0 Å². The summed E-state index contributed by atoms with van der Waals surface area (Å²) in [5.74, 6) is 0.808. The van der Waals surface area contributed by atoms with Crippen LogP contribution in [0.25, 0.3) is 11.3 Å². The lowest BCUT2D eigenvalue weighted by atomic mass is 10.1. The lowest BCUT2D eigenvalue weighted by Crippen LogP contribution is -2.12. The van der Waals surface area contributed by atoms with E-state index in [1.807, 2.05) is 31.2 Å². The second-order valence-corrected chi connectivity index (χ2v) is 7.13. The second kappa shape index (κ2) is 7.76. The van der Waals surface area contributed by atoms with E-state index < -0.39 is 0 Å². The highest BCUT2D eigenvalue weighted by Crippen LogP contribution is 2.32. The number of methoxy groups -OCH3 is 2. The number of anilines is 1. The summed E-state index contributed by atoms with van der Waals surface area (Å²) in [5.41, 5.74) is 2.14. The Morgan fingerprint density at radius 3 is 2.42 bits per heavy atom. The molecule has 1 amide bonds. The molecule has 1 N–H and O–H groups in total. The maximum Gasteiger partial charge on any atom is 0.257 e. The fourth-order valence-electron chi connectivity index (χ4n) is 2.46. The highest BCUT2D eigenvalue weighted by molar-refractivity contribution is 7.16. The molecular formula is C19H17ClN2O3S. The first-order valence-electron chi connectivity index (χ1n) is 7.78. The third-order valence-electron chi connectivity index (χ3n) is 3.73. The van der Waals surface area contributed by atoms with Gasteiger partial charge in [-0.1, -0.05) is 23.7 Å². The van der Waals surface area contributed by atoms with Crippen LogP contribution in [0.1, 0.15) is 15.2 Å². The van der Waals surface area contributed by atoms with Gasteiger partial charge in [0.15, 0.2) is 5.13 Å². The Morgan fingerprint density at radius 2 is 1.81 bits per heavy atom. The van der Waals surface area contributed by atoms with E-state index in [1.54, 1.807) is 18.2 Å². The predicted octanol–water partition coefficient (Wildman–Crippen LogP) is 5.04. The van der Waals surface area contributed by atoms with Crippen molar-refractivity contribution in [2.24, 2.45) is 0 Å². The molecule has 7 heteroatoms. The molecule has 1 heterocycles. The van der Waals surface area contributed by atoms with E-state index in [0.29, 0.717) is 27.2 Å². The molecule has 0 atom stereocenters. The van der Waals surface area contributed by atoms with E-state index in [2.05, 4.69) is 10.3 Å². The van der Waals surface area contributed by atoms with Crippen LogP contribution in [-0.4, -0.2) is 25.1 Å². The van der Waals surface area contributed by atoms with Gasteiger partial charge < -0.3 is 9.47 Å². The highest BCUT2D eigenvalue weighted by atomic mass is 35.5. The van der Waals surface area contributed by atoms with Crippen LogP contribution in [0.15, 0.2) is 42.5 Å². The van der Waals surface area contributed by atoms with Crippen molar-refractivity contribution in [1.29, 1.82) is 0 Å². The fraction of sp³-hybridized carbons (Fsp3) is 0.158. The number of aromatic nitrogens is 1. The molecule has 0 aliphatic rings. The van der Waals surface area contributed by atoms with E-state index in [4.69, 9.17) is 21.1 Å². The predicted molar refractivity (Wildman–Crippen MR) is 105 cm³/mol. The summed E-state index contributed by atoms with van der Waals surface area (Å²) in [7, 11) is 3.08. The van der Waals surface area contributed by atoms with Crippen LogP contribution in [-0.2, 0) is 0 Å². The van der Waals surface area contributed by atoms with Gasteiger partial charge in [-0.3, -0.25) is 10.1 Å². The lowest BCUT2D eigenvalue weighted by molar-refractivity contribution is 0.102. The molecule has 0 fully saturated rings. The quantitative estimate of drug-likeness (QED) is 0.665. The molecular weight excluding hydrogens is 372 g/mol. The van der Waals surface area contributed by atoms with Crippen molar-refractivity contribution >= 4 is 34.0 Å². The monoisotopic (exact) mass is 388 g/mol. The van der Waals surface area contributed by atoms with Gasteiger partial charge >= 0.3 is 0 Å². The van der Waals surface area contributed by atoms with Gasteiger partial charge in [0.05, 0.1) is 19.9 Å². The highest BCUT2D eigenvalue weighted by Gasteiger charge is 2.15. The molecule has 1 aromatic heterocycles. The second-order valence-electron chi connectivity index (χ2n) is 5.49. The molecule has 0 spiro atoms. The van der Waals surface area contributed by atoms with Crippen LogP contribution in [0.5, 0.6) is 11.5 Å². The van der Waals surface area contributed by atoms with E-state index in [-0.39, 0.29) is 5.91 Å². The van der Waals surface area contributed by atoms with E-state index in [9.17, 15) is 4.79 Å². The molecule has 3 aromatic rings. The molecule has 2 aromatic carbocycles. The third kappa shape index (κ3) is 3.98. The maximum absolute atomic E-state index is 12.6. The van der Waals surface area contributed by atoms with Gasteiger partial charge in [-0.2, -0.15) is 0 Å². The number of nitrogens with zero attached hydrogens (tertiary/aromatic N) is 1. The summed E-state index contributed by atoms with van der Waals surface area (Å²) >= 11 is 7.47. The Labute approximate surface area is 160 Å². The number of amides is 1. The number of aryl methyl sites for hydroxylation is 1. The van der Waals surface area contributed by atoms with Crippen LogP contribution >= 0.6 is 22.9 Å². The largest absolute Gasteiger partial charge is 0.497 e. The zero-order chi connectivity index (χ0) is 18.7. The van der Waals surface area contributed by atoms with Crippen molar-refractivity contribution in [2.75, 3.05) is 19.5 Å². The van der Waals surface area contributed by atoms with Crippen molar-refractivity contribution in [1.82, 2.24) is 4.98 Å². The minimum absolute atomic E-state index is 0.284. The topological polar surface area (TPSA) is 60.5 Å². The summed E-state index contributed by atoms with van der Waals surface area (Å²) in [6, 6.07) is 12.5. The molecule has 0 unspecified atom stereocenters. The molecule has 0 aliphatic heterocycles. The zero-order valence-electron chi connectivity index (χ0n) is 14.5. The summed E-state index contributed by atoms with van der Waals surface area (Å²) in [6.45, 7) is 1.96. The number of nitrogens with one attached hydrogen (secondary N) is 1. The van der Waals surface area contributed by atoms with Crippen molar-refractivity contribution in [3.8, 4) is 22.8 Å². The van der Waals surface area contributed by atoms with Crippen molar-refractivity contribution in [3.05, 3.63) is 57.9 Å². The lowest BCUT2D eigenvalue weighted by Gasteiger charge is -2.08. The number of thiazole rings is 1. The first-order valence-corrected chi connectivity index (χ1v) is 8.97. The standard InChI is InChI=1S/C19H17ClN2O3S/c1-11-17(12-5-4-6-14(20)7-12)21-19(26-11)22-18(23)13-8-15(24-2)10-16(9-13)25-3/h4-10H,1-3H3,(H,21,22,23). The number of carbonyl (C=O) groups is 1. The number of hydrogen-bond acceptors (Lipinski definition) is 5. The third-order valence-corrected chi connectivity index (χ3v) is 4.85. The van der Waals surface area contributed by atoms with Crippen LogP contribution < -0.4 is 14.8 Å². The van der Waals surface area contributed by atoms with Gasteiger partial charge in [-0.25, -0.2) is 4.98 Å². The summed E-state index contributed by atoms with van der Waals surface area (Å²) in [6.07, 6.45) is 0. The van der Waals surface area contributed by atoms with Crippen molar-refractivity contribution in [2.45, 2.75) is 6.92 Å². The van der Waals surface area contributed by atoms with Crippen molar-refractivity contribution < 1.29 is 14.3 Å². The van der Waals surface area contributed by atoms with Crippen LogP contribution in [0.3, 0.4) is 0 Å². The molecule has 0 bridgehead atoms. The number of rotatable bonds is 5.